The maximum atomic E-state index is 12.1. The van der Waals surface area contributed by atoms with E-state index in [1.165, 1.54) is 5.56 Å². The monoisotopic (exact) mass is 389 g/mol. The molecule has 0 saturated carbocycles. The Morgan fingerprint density at radius 2 is 1.83 bits per heavy atom. The predicted molar refractivity (Wildman–Crippen MR) is 101 cm³/mol. The van der Waals surface area contributed by atoms with Gasteiger partial charge in [0.1, 0.15) is 5.75 Å². The van der Waals surface area contributed by atoms with Crippen molar-refractivity contribution in [3.05, 3.63) is 64.1 Å². The molecular formula is C20H24BrNO2. The van der Waals surface area contributed by atoms with Gasteiger partial charge < -0.3 is 10.1 Å². The predicted octanol–water partition coefficient (Wildman–Crippen LogP) is 5.00. The zero-order valence-corrected chi connectivity index (χ0v) is 16.2. The summed E-state index contributed by atoms with van der Waals surface area (Å²) in [6.45, 7) is 8.43. The molecule has 0 saturated heterocycles. The van der Waals surface area contributed by atoms with Gasteiger partial charge in [-0.3, -0.25) is 4.79 Å². The smallest absolute Gasteiger partial charge is 0.258 e. The van der Waals surface area contributed by atoms with Gasteiger partial charge in [-0.2, -0.15) is 0 Å². The normalized spacial score (nSPS) is 12.5. The second-order valence-electron chi connectivity index (χ2n) is 6.88. The summed E-state index contributed by atoms with van der Waals surface area (Å²) in [6, 6.07) is 15.8. The molecule has 0 heterocycles. The number of carbonyl (C=O) groups is 1. The minimum Gasteiger partial charge on any atom is -0.483 e. The van der Waals surface area contributed by atoms with Crippen LogP contribution in [0, 0.1) is 0 Å². The van der Waals surface area contributed by atoms with Gasteiger partial charge >= 0.3 is 0 Å². The van der Waals surface area contributed by atoms with Crippen LogP contribution in [0.25, 0.3) is 0 Å². The topological polar surface area (TPSA) is 38.3 Å². The highest BCUT2D eigenvalue weighted by Crippen LogP contribution is 2.31. The molecule has 0 bridgehead atoms. The summed E-state index contributed by atoms with van der Waals surface area (Å²) in [4.78, 5) is 12.1. The second-order valence-corrected chi connectivity index (χ2v) is 7.74. The van der Waals surface area contributed by atoms with Crippen LogP contribution in [0.3, 0.4) is 0 Å². The third kappa shape index (κ3) is 5.10. The van der Waals surface area contributed by atoms with E-state index in [0.717, 1.165) is 10.0 Å². The highest BCUT2D eigenvalue weighted by molar-refractivity contribution is 9.10. The lowest BCUT2D eigenvalue weighted by atomic mass is 9.87. The summed E-state index contributed by atoms with van der Waals surface area (Å²) in [7, 11) is 0. The first-order chi connectivity index (χ1) is 11.3. The molecule has 1 amide bonds. The maximum absolute atomic E-state index is 12.1. The third-order valence-corrected chi connectivity index (χ3v) is 4.45. The lowest BCUT2D eigenvalue weighted by molar-refractivity contribution is -0.123. The summed E-state index contributed by atoms with van der Waals surface area (Å²) in [5, 5.41) is 2.94. The lowest BCUT2D eigenvalue weighted by Crippen LogP contribution is -2.31. The molecule has 0 aromatic heterocycles. The van der Waals surface area contributed by atoms with Crippen molar-refractivity contribution in [2.45, 2.75) is 39.2 Å². The van der Waals surface area contributed by atoms with E-state index >= 15 is 0 Å². The zero-order valence-electron chi connectivity index (χ0n) is 14.6. The SMILES string of the molecule is C[C@H](NC(=O)COc1ccc(C(C)(C)C)cc1Br)c1ccccc1. The second kappa shape index (κ2) is 7.84. The van der Waals surface area contributed by atoms with Crippen LogP contribution in [-0.2, 0) is 10.2 Å². The maximum Gasteiger partial charge on any atom is 0.258 e. The van der Waals surface area contributed by atoms with Crippen molar-refractivity contribution < 1.29 is 9.53 Å². The van der Waals surface area contributed by atoms with E-state index in [0.29, 0.717) is 5.75 Å². The molecule has 1 N–H and O–H groups in total. The molecule has 0 spiro atoms. The van der Waals surface area contributed by atoms with E-state index < -0.39 is 0 Å². The number of carbonyl (C=O) groups excluding carboxylic acids is 1. The van der Waals surface area contributed by atoms with Gasteiger partial charge in [0.25, 0.3) is 5.91 Å². The number of nitrogens with one attached hydrogen (secondary N) is 1. The van der Waals surface area contributed by atoms with Gasteiger partial charge in [-0.1, -0.05) is 57.2 Å². The molecule has 24 heavy (non-hydrogen) atoms. The van der Waals surface area contributed by atoms with E-state index in [9.17, 15) is 4.79 Å². The quantitative estimate of drug-likeness (QED) is 0.780. The largest absolute Gasteiger partial charge is 0.483 e. The van der Waals surface area contributed by atoms with Gasteiger partial charge in [0.05, 0.1) is 10.5 Å². The molecule has 2 rings (SSSR count). The van der Waals surface area contributed by atoms with Gasteiger partial charge in [0, 0.05) is 0 Å². The van der Waals surface area contributed by atoms with E-state index in [4.69, 9.17) is 4.74 Å². The fraction of sp³-hybridized carbons (Fsp3) is 0.350. The molecular weight excluding hydrogens is 366 g/mol. The lowest BCUT2D eigenvalue weighted by Gasteiger charge is -2.20. The Morgan fingerprint density at radius 3 is 2.42 bits per heavy atom. The van der Waals surface area contributed by atoms with Crippen molar-refractivity contribution in [3.63, 3.8) is 0 Å². The molecule has 0 unspecified atom stereocenters. The Bertz CT molecular complexity index is 693. The van der Waals surface area contributed by atoms with Gasteiger partial charge in [0.15, 0.2) is 6.61 Å². The Kier molecular flexibility index (Phi) is 6.05. The first-order valence-electron chi connectivity index (χ1n) is 8.04. The molecule has 0 aliphatic rings. The highest BCUT2D eigenvalue weighted by Gasteiger charge is 2.16. The average Bonchev–Trinajstić information content (AvgIpc) is 2.53. The average molecular weight is 390 g/mol. The van der Waals surface area contributed by atoms with Crippen LogP contribution in [0.5, 0.6) is 5.75 Å². The van der Waals surface area contributed by atoms with Crippen molar-refractivity contribution in [1.82, 2.24) is 5.32 Å². The summed E-state index contributed by atoms with van der Waals surface area (Å²) < 4.78 is 6.50. The summed E-state index contributed by atoms with van der Waals surface area (Å²) in [6.07, 6.45) is 0. The van der Waals surface area contributed by atoms with Crippen LogP contribution in [0.2, 0.25) is 0 Å². The van der Waals surface area contributed by atoms with Crippen LogP contribution >= 0.6 is 15.9 Å². The number of amides is 1. The standard InChI is InChI=1S/C20H24BrNO2/c1-14(15-8-6-5-7-9-15)22-19(23)13-24-18-11-10-16(12-17(18)21)20(2,3)4/h5-12,14H,13H2,1-4H3,(H,22,23)/t14-/m0/s1. The van der Waals surface area contributed by atoms with Gasteiger partial charge in [-0.05, 0) is 51.5 Å². The molecule has 4 heteroatoms. The van der Waals surface area contributed by atoms with Gasteiger partial charge in [-0.25, -0.2) is 0 Å². The van der Waals surface area contributed by atoms with Gasteiger partial charge in [0.2, 0.25) is 0 Å². The fourth-order valence-electron chi connectivity index (χ4n) is 2.34. The van der Waals surface area contributed by atoms with Crippen LogP contribution in [0.1, 0.15) is 44.9 Å². The number of hydrogen-bond acceptors (Lipinski definition) is 2. The van der Waals surface area contributed by atoms with Crippen molar-refractivity contribution >= 4 is 21.8 Å². The first-order valence-corrected chi connectivity index (χ1v) is 8.84. The van der Waals surface area contributed by atoms with Crippen LogP contribution < -0.4 is 10.1 Å². The van der Waals surface area contributed by atoms with Crippen LogP contribution in [-0.4, -0.2) is 12.5 Å². The molecule has 0 fully saturated rings. The number of hydrogen-bond donors (Lipinski definition) is 1. The third-order valence-electron chi connectivity index (χ3n) is 3.83. The molecule has 0 radical (unpaired) electrons. The Balaban J connectivity index is 1.92. The fourth-order valence-corrected chi connectivity index (χ4v) is 2.83. The molecule has 1 atom stereocenters. The Morgan fingerprint density at radius 1 is 1.17 bits per heavy atom. The van der Waals surface area contributed by atoms with Crippen LogP contribution in [0.15, 0.2) is 53.0 Å². The zero-order chi connectivity index (χ0) is 17.7. The molecule has 128 valence electrons. The summed E-state index contributed by atoms with van der Waals surface area (Å²) >= 11 is 3.52. The van der Waals surface area contributed by atoms with Crippen molar-refractivity contribution in [1.29, 1.82) is 0 Å². The van der Waals surface area contributed by atoms with E-state index in [1.54, 1.807) is 0 Å². The van der Waals surface area contributed by atoms with Crippen molar-refractivity contribution in [2.24, 2.45) is 0 Å². The molecule has 0 aliphatic carbocycles. The number of halogens is 1. The van der Waals surface area contributed by atoms with E-state index in [1.807, 2.05) is 55.5 Å². The van der Waals surface area contributed by atoms with E-state index in [2.05, 4.69) is 42.0 Å². The summed E-state index contributed by atoms with van der Waals surface area (Å²) in [5.74, 6) is 0.531. The number of rotatable bonds is 5. The minimum atomic E-state index is -0.141. The molecule has 2 aromatic carbocycles. The minimum absolute atomic E-state index is 0.00929. The molecule has 3 nitrogen and oxygen atoms in total. The Labute approximate surface area is 152 Å². The van der Waals surface area contributed by atoms with Crippen molar-refractivity contribution in [3.8, 4) is 5.75 Å². The van der Waals surface area contributed by atoms with Crippen LogP contribution in [0.4, 0.5) is 0 Å². The summed E-state index contributed by atoms with van der Waals surface area (Å²) in [5.41, 5.74) is 2.36. The Hall–Kier alpha value is -1.81. The highest BCUT2D eigenvalue weighted by atomic mass is 79.9. The number of benzene rings is 2. The first kappa shape index (κ1) is 18.5. The van der Waals surface area contributed by atoms with Crippen molar-refractivity contribution in [2.75, 3.05) is 6.61 Å². The van der Waals surface area contributed by atoms with E-state index in [-0.39, 0.29) is 24.0 Å². The van der Waals surface area contributed by atoms with Gasteiger partial charge in [-0.15, -0.1) is 0 Å². The molecule has 0 aliphatic heterocycles. The number of ether oxygens (including phenoxy) is 1. The molecule has 2 aromatic rings.